The first-order chi connectivity index (χ1) is 9.16. The summed E-state index contributed by atoms with van der Waals surface area (Å²) in [6.07, 6.45) is 1.44. The fraction of sp³-hybridized carbons (Fsp3) is 0.0714. The van der Waals surface area contributed by atoms with E-state index in [9.17, 15) is 10.1 Å². The van der Waals surface area contributed by atoms with E-state index in [1.807, 2.05) is 31.2 Å². The highest BCUT2D eigenvalue weighted by molar-refractivity contribution is 5.85. The van der Waals surface area contributed by atoms with E-state index in [0.717, 1.165) is 11.3 Å². The van der Waals surface area contributed by atoms with Crippen molar-refractivity contribution in [1.82, 2.24) is 0 Å². The van der Waals surface area contributed by atoms with Crippen molar-refractivity contribution in [2.45, 2.75) is 6.92 Å². The molecule has 0 bridgehead atoms. The van der Waals surface area contributed by atoms with E-state index in [4.69, 9.17) is 0 Å². The molecule has 0 aromatic heterocycles. The van der Waals surface area contributed by atoms with E-state index in [1.54, 1.807) is 18.2 Å². The van der Waals surface area contributed by atoms with E-state index in [2.05, 4.69) is 10.5 Å². The average molecular weight is 255 g/mol. The molecule has 0 radical (unpaired) electrons. The van der Waals surface area contributed by atoms with E-state index in [1.165, 1.54) is 12.3 Å². The molecule has 0 fully saturated rings. The van der Waals surface area contributed by atoms with Gasteiger partial charge in [-0.25, -0.2) is 0 Å². The van der Waals surface area contributed by atoms with Crippen LogP contribution in [0.2, 0.25) is 0 Å². The number of nitro benzene ring substituents is 1. The predicted molar refractivity (Wildman–Crippen MR) is 75.5 cm³/mol. The van der Waals surface area contributed by atoms with Gasteiger partial charge in [0.15, 0.2) is 0 Å². The maximum absolute atomic E-state index is 10.8. The third-order valence-electron chi connectivity index (χ3n) is 2.55. The molecular formula is C14H13N3O2. The summed E-state index contributed by atoms with van der Waals surface area (Å²) in [5.41, 5.74) is 5.31. The second-order valence-electron chi connectivity index (χ2n) is 4.06. The van der Waals surface area contributed by atoms with E-state index < -0.39 is 4.92 Å². The van der Waals surface area contributed by atoms with Crippen LogP contribution in [-0.4, -0.2) is 11.1 Å². The minimum atomic E-state index is -0.423. The van der Waals surface area contributed by atoms with Gasteiger partial charge in [0.05, 0.1) is 22.4 Å². The molecule has 0 heterocycles. The minimum Gasteiger partial charge on any atom is -0.278 e. The van der Waals surface area contributed by atoms with Gasteiger partial charge in [-0.1, -0.05) is 24.3 Å². The van der Waals surface area contributed by atoms with Crippen LogP contribution in [0.1, 0.15) is 11.1 Å². The summed E-state index contributed by atoms with van der Waals surface area (Å²) in [6, 6.07) is 14.2. The lowest BCUT2D eigenvalue weighted by molar-refractivity contribution is -0.385. The Labute approximate surface area is 110 Å². The summed E-state index contributed by atoms with van der Waals surface area (Å²) in [4.78, 5) is 10.4. The number of benzene rings is 2. The van der Waals surface area contributed by atoms with Crippen LogP contribution >= 0.6 is 0 Å². The maximum Gasteiger partial charge on any atom is 0.278 e. The number of nitrogens with one attached hydrogen (secondary N) is 1. The first-order valence-corrected chi connectivity index (χ1v) is 5.76. The van der Waals surface area contributed by atoms with Crippen molar-refractivity contribution < 1.29 is 4.92 Å². The smallest absolute Gasteiger partial charge is 0.278 e. The van der Waals surface area contributed by atoms with Crippen molar-refractivity contribution in [1.29, 1.82) is 0 Å². The molecule has 2 aromatic carbocycles. The van der Waals surface area contributed by atoms with Crippen molar-refractivity contribution in [3.8, 4) is 0 Å². The lowest BCUT2D eigenvalue weighted by atomic mass is 10.2. The second kappa shape index (κ2) is 5.77. The molecule has 19 heavy (non-hydrogen) atoms. The Kier molecular flexibility index (Phi) is 3.87. The summed E-state index contributed by atoms with van der Waals surface area (Å²) in [7, 11) is 0. The van der Waals surface area contributed by atoms with Gasteiger partial charge >= 0.3 is 0 Å². The van der Waals surface area contributed by atoms with Crippen molar-refractivity contribution in [2.24, 2.45) is 5.10 Å². The quantitative estimate of drug-likeness (QED) is 0.517. The molecule has 5 heteroatoms. The van der Waals surface area contributed by atoms with Gasteiger partial charge in [-0.05, 0) is 30.7 Å². The van der Waals surface area contributed by atoms with Crippen molar-refractivity contribution in [3.05, 3.63) is 69.8 Å². The average Bonchev–Trinajstić information content (AvgIpc) is 2.39. The van der Waals surface area contributed by atoms with Crippen LogP contribution in [0.4, 0.5) is 11.4 Å². The summed E-state index contributed by atoms with van der Waals surface area (Å²) < 4.78 is 0. The third kappa shape index (κ3) is 3.38. The zero-order valence-electron chi connectivity index (χ0n) is 10.4. The number of nitrogens with zero attached hydrogens (tertiary/aromatic N) is 2. The van der Waals surface area contributed by atoms with Crippen LogP contribution in [0.15, 0.2) is 53.6 Å². The van der Waals surface area contributed by atoms with Gasteiger partial charge < -0.3 is 0 Å². The maximum atomic E-state index is 10.8. The van der Waals surface area contributed by atoms with Gasteiger partial charge in [0.25, 0.3) is 5.69 Å². The monoisotopic (exact) mass is 255 g/mol. The first kappa shape index (κ1) is 12.8. The Morgan fingerprint density at radius 1 is 1.21 bits per heavy atom. The Morgan fingerprint density at radius 2 is 2.00 bits per heavy atom. The Bertz CT molecular complexity index is 624. The number of anilines is 1. The van der Waals surface area contributed by atoms with Gasteiger partial charge in [-0.2, -0.15) is 5.10 Å². The number of aryl methyl sites for hydroxylation is 1. The SMILES string of the molecule is Cc1cccc(N/N=C\c2ccccc2[N+](=O)[O-])c1. The summed E-state index contributed by atoms with van der Waals surface area (Å²) in [5, 5.41) is 14.8. The summed E-state index contributed by atoms with van der Waals surface area (Å²) in [5.74, 6) is 0. The summed E-state index contributed by atoms with van der Waals surface area (Å²) in [6.45, 7) is 1.98. The molecule has 1 N–H and O–H groups in total. The standard InChI is InChI=1S/C14H13N3O2/c1-11-5-4-7-13(9-11)16-15-10-12-6-2-3-8-14(12)17(18)19/h2-10,16H,1H3/b15-10-. The molecule has 0 saturated carbocycles. The molecule has 0 atom stereocenters. The Morgan fingerprint density at radius 3 is 2.74 bits per heavy atom. The van der Waals surface area contributed by atoms with E-state index >= 15 is 0 Å². The molecule has 0 amide bonds. The third-order valence-corrected chi connectivity index (χ3v) is 2.55. The second-order valence-corrected chi connectivity index (χ2v) is 4.06. The van der Waals surface area contributed by atoms with Crippen molar-refractivity contribution in [3.63, 3.8) is 0 Å². The van der Waals surface area contributed by atoms with Gasteiger partial charge in [0.1, 0.15) is 0 Å². The number of nitro groups is 1. The van der Waals surface area contributed by atoms with Crippen LogP contribution < -0.4 is 5.43 Å². The Balaban J connectivity index is 2.13. The predicted octanol–water partition coefficient (Wildman–Crippen LogP) is 3.35. The molecule has 96 valence electrons. The minimum absolute atomic E-state index is 0.0392. The zero-order chi connectivity index (χ0) is 13.7. The molecule has 0 aliphatic heterocycles. The first-order valence-electron chi connectivity index (χ1n) is 5.76. The molecule has 0 saturated heterocycles. The van der Waals surface area contributed by atoms with Crippen molar-refractivity contribution in [2.75, 3.05) is 5.43 Å². The molecule has 0 aliphatic rings. The molecule has 0 aliphatic carbocycles. The van der Waals surface area contributed by atoms with E-state index in [0.29, 0.717) is 5.56 Å². The molecule has 5 nitrogen and oxygen atoms in total. The molecular weight excluding hydrogens is 242 g/mol. The molecule has 2 rings (SSSR count). The highest BCUT2D eigenvalue weighted by Gasteiger charge is 2.09. The van der Waals surface area contributed by atoms with Crippen molar-refractivity contribution >= 4 is 17.6 Å². The molecule has 0 unspecified atom stereocenters. The lowest BCUT2D eigenvalue weighted by Crippen LogP contribution is -1.96. The Hall–Kier alpha value is -2.69. The van der Waals surface area contributed by atoms with Gasteiger partial charge in [-0.15, -0.1) is 0 Å². The largest absolute Gasteiger partial charge is 0.278 e. The topological polar surface area (TPSA) is 67.5 Å². The van der Waals surface area contributed by atoms with Crippen LogP contribution in [0.3, 0.4) is 0 Å². The van der Waals surface area contributed by atoms with Gasteiger partial charge in [-0.3, -0.25) is 15.5 Å². The highest BCUT2D eigenvalue weighted by atomic mass is 16.6. The van der Waals surface area contributed by atoms with Crippen LogP contribution in [0.25, 0.3) is 0 Å². The number of para-hydroxylation sites is 1. The summed E-state index contributed by atoms with van der Waals surface area (Å²) >= 11 is 0. The van der Waals surface area contributed by atoms with Gasteiger partial charge in [0, 0.05) is 6.07 Å². The lowest BCUT2D eigenvalue weighted by Gasteiger charge is -2.01. The fourth-order valence-corrected chi connectivity index (χ4v) is 1.65. The number of rotatable bonds is 4. The highest BCUT2D eigenvalue weighted by Crippen LogP contribution is 2.15. The number of hydrogen-bond donors (Lipinski definition) is 1. The zero-order valence-corrected chi connectivity index (χ0v) is 10.4. The normalized spacial score (nSPS) is 10.6. The molecule has 0 spiro atoms. The van der Waals surface area contributed by atoms with Crippen LogP contribution in [0.5, 0.6) is 0 Å². The van der Waals surface area contributed by atoms with Gasteiger partial charge in [0.2, 0.25) is 0 Å². The fourth-order valence-electron chi connectivity index (χ4n) is 1.65. The van der Waals surface area contributed by atoms with Crippen LogP contribution in [-0.2, 0) is 0 Å². The molecule has 2 aromatic rings. The number of hydrogen-bond acceptors (Lipinski definition) is 4. The van der Waals surface area contributed by atoms with E-state index in [-0.39, 0.29) is 5.69 Å². The number of hydrazone groups is 1. The van der Waals surface area contributed by atoms with Crippen LogP contribution in [0, 0.1) is 17.0 Å².